The van der Waals surface area contributed by atoms with Gasteiger partial charge in [-0.2, -0.15) is 13.2 Å². The highest BCUT2D eigenvalue weighted by atomic mass is 19.4. The minimum absolute atomic E-state index is 0.0316. The maximum atomic E-state index is 11.8. The number of anilines is 1. The summed E-state index contributed by atoms with van der Waals surface area (Å²) in [6, 6.07) is 6.81. The number of hydrogen-bond donors (Lipinski definition) is 2. The molecule has 0 bridgehead atoms. The minimum atomic E-state index is -4.34. The van der Waals surface area contributed by atoms with Gasteiger partial charge < -0.3 is 15.4 Å². The molecular weight excluding hydrogens is 273 g/mol. The molecule has 0 saturated carbocycles. The molecule has 0 saturated heterocycles. The highest BCUT2D eigenvalue weighted by Crippen LogP contribution is 2.14. The van der Waals surface area contributed by atoms with Crippen LogP contribution in [0.1, 0.15) is 17.3 Å². The van der Waals surface area contributed by atoms with Crippen molar-refractivity contribution in [2.75, 3.05) is 31.6 Å². The van der Waals surface area contributed by atoms with Crippen LogP contribution < -0.4 is 10.6 Å². The predicted octanol–water partition coefficient (Wildman–Crippen LogP) is 2.43. The summed E-state index contributed by atoms with van der Waals surface area (Å²) in [5, 5.41) is 5.57. The number of carbonyl (C=O) groups excluding carboxylic acids is 1. The van der Waals surface area contributed by atoms with Gasteiger partial charge in [0.2, 0.25) is 0 Å². The van der Waals surface area contributed by atoms with Crippen LogP contribution >= 0.6 is 0 Å². The van der Waals surface area contributed by atoms with Gasteiger partial charge in [0, 0.05) is 24.3 Å². The Morgan fingerprint density at radius 3 is 2.45 bits per heavy atom. The van der Waals surface area contributed by atoms with Crippen molar-refractivity contribution in [3.63, 3.8) is 0 Å². The summed E-state index contributed by atoms with van der Waals surface area (Å²) in [4.78, 5) is 11.7. The van der Waals surface area contributed by atoms with Gasteiger partial charge in [-0.25, -0.2) is 0 Å². The first-order valence-electron chi connectivity index (χ1n) is 6.19. The maximum Gasteiger partial charge on any atom is 0.411 e. The molecule has 1 amide bonds. The molecule has 1 aromatic rings. The van der Waals surface area contributed by atoms with E-state index in [4.69, 9.17) is 0 Å². The van der Waals surface area contributed by atoms with E-state index in [1.807, 2.05) is 6.92 Å². The normalized spacial score (nSPS) is 11.2. The van der Waals surface area contributed by atoms with Crippen molar-refractivity contribution in [1.29, 1.82) is 0 Å². The molecule has 0 spiro atoms. The van der Waals surface area contributed by atoms with Crippen LogP contribution in [-0.4, -0.2) is 38.4 Å². The molecule has 1 rings (SSSR count). The molecule has 0 heterocycles. The first-order valence-corrected chi connectivity index (χ1v) is 6.19. The Morgan fingerprint density at radius 2 is 1.90 bits per heavy atom. The van der Waals surface area contributed by atoms with Crippen LogP contribution in [0.15, 0.2) is 24.3 Å². The molecule has 2 N–H and O–H groups in total. The van der Waals surface area contributed by atoms with Gasteiger partial charge in [-0.1, -0.05) is 0 Å². The lowest BCUT2D eigenvalue weighted by Gasteiger charge is -2.09. The molecule has 7 heteroatoms. The lowest BCUT2D eigenvalue weighted by Crippen LogP contribution is -2.28. The summed E-state index contributed by atoms with van der Waals surface area (Å²) in [6.45, 7) is 1.29. The Labute approximate surface area is 115 Å². The number of benzene rings is 1. The summed E-state index contributed by atoms with van der Waals surface area (Å²) in [5.41, 5.74) is 1.35. The second-order valence-electron chi connectivity index (χ2n) is 4.03. The van der Waals surface area contributed by atoms with E-state index < -0.39 is 12.8 Å². The van der Waals surface area contributed by atoms with Gasteiger partial charge >= 0.3 is 6.18 Å². The van der Waals surface area contributed by atoms with Crippen molar-refractivity contribution in [2.45, 2.75) is 13.1 Å². The van der Waals surface area contributed by atoms with Crippen molar-refractivity contribution >= 4 is 11.6 Å². The lowest BCUT2D eigenvalue weighted by atomic mass is 10.2. The zero-order valence-corrected chi connectivity index (χ0v) is 11.1. The van der Waals surface area contributed by atoms with Crippen molar-refractivity contribution < 1.29 is 22.7 Å². The van der Waals surface area contributed by atoms with E-state index in [0.29, 0.717) is 5.56 Å². The van der Waals surface area contributed by atoms with Gasteiger partial charge in [0.05, 0.1) is 6.61 Å². The Hall–Kier alpha value is -1.76. The zero-order valence-electron chi connectivity index (χ0n) is 11.1. The monoisotopic (exact) mass is 290 g/mol. The van der Waals surface area contributed by atoms with Crippen molar-refractivity contribution in [1.82, 2.24) is 5.32 Å². The van der Waals surface area contributed by atoms with Gasteiger partial charge in [-0.05, 0) is 31.2 Å². The van der Waals surface area contributed by atoms with Gasteiger partial charge in [-0.3, -0.25) is 4.79 Å². The molecule has 112 valence electrons. The van der Waals surface area contributed by atoms with Crippen LogP contribution in [0.4, 0.5) is 18.9 Å². The Morgan fingerprint density at radius 1 is 1.25 bits per heavy atom. The fourth-order valence-corrected chi connectivity index (χ4v) is 1.47. The minimum Gasteiger partial charge on any atom is -0.385 e. The number of carbonyl (C=O) groups is 1. The number of amides is 1. The van der Waals surface area contributed by atoms with Crippen molar-refractivity contribution in [2.24, 2.45) is 0 Å². The second kappa shape index (κ2) is 7.74. The summed E-state index contributed by atoms with van der Waals surface area (Å²) in [6.07, 6.45) is -4.34. The summed E-state index contributed by atoms with van der Waals surface area (Å²) >= 11 is 0. The number of nitrogens with one attached hydrogen (secondary N) is 2. The summed E-state index contributed by atoms with van der Waals surface area (Å²) < 4.78 is 39.8. The number of rotatable bonds is 7. The molecule has 0 radical (unpaired) electrons. The molecule has 0 unspecified atom stereocenters. The summed E-state index contributed by atoms with van der Waals surface area (Å²) in [5.74, 6) is -0.344. The van der Waals surface area contributed by atoms with Gasteiger partial charge in [0.1, 0.15) is 6.61 Å². The SMILES string of the molecule is CCNc1ccc(C(=O)NCCOCC(F)(F)F)cc1. The third kappa shape index (κ3) is 6.42. The fourth-order valence-electron chi connectivity index (χ4n) is 1.47. The molecule has 0 aliphatic heterocycles. The van der Waals surface area contributed by atoms with E-state index in [9.17, 15) is 18.0 Å². The van der Waals surface area contributed by atoms with Crippen LogP contribution in [0.2, 0.25) is 0 Å². The van der Waals surface area contributed by atoms with Crippen LogP contribution in [0.3, 0.4) is 0 Å². The number of halogens is 3. The van der Waals surface area contributed by atoms with E-state index in [0.717, 1.165) is 12.2 Å². The molecule has 20 heavy (non-hydrogen) atoms. The number of ether oxygens (including phenoxy) is 1. The van der Waals surface area contributed by atoms with Crippen LogP contribution in [0.25, 0.3) is 0 Å². The van der Waals surface area contributed by atoms with Crippen molar-refractivity contribution in [3.05, 3.63) is 29.8 Å². The van der Waals surface area contributed by atoms with Gasteiger partial charge in [0.25, 0.3) is 5.91 Å². The molecule has 0 aliphatic carbocycles. The van der Waals surface area contributed by atoms with E-state index in [1.165, 1.54) is 0 Å². The fraction of sp³-hybridized carbons (Fsp3) is 0.462. The van der Waals surface area contributed by atoms with Crippen LogP contribution in [0, 0.1) is 0 Å². The molecular formula is C13H17F3N2O2. The molecule has 0 aliphatic rings. The lowest BCUT2D eigenvalue weighted by molar-refractivity contribution is -0.173. The van der Waals surface area contributed by atoms with Gasteiger partial charge in [-0.15, -0.1) is 0 Å². The van der Waals surface area contributed by atoms with E-state index in [1.54, 1.807) is 24.3 Å². The van der Waals surface area contributed by atoms with Crippen LogP contribution in [0.5, 0.6) is 0 Å². The number of alkyl halides is 3. The maximum absolute atomic E-state index is 11.8. The zero-order chi connectivity index (χ0) is 15.0. The Balaban J connectivity index is 2.28. The molecule has 0 aromatic heterocycles. The molecule has 0 fully saturated rings. The molecule has 4 nitrogen and oxygen atoms in total. The predicted molar refractivity (Wildman–Crippen MR) is 69.8 cm³/mol. The molecule has 1 aromatic carbocycles. The van der Waals surface area contributed by atoms with Crippen molar-refractivity contribution in [3.8, 4) is 0 Å². The third-order valence-electron chi connectivity index (χ3n) is 2.33. The van der Waals surface area contributed by atoms with E-state index >= 15 is 0 Å². The van der Waals surface area contributed by atoms with Gasteiger partial charge in [0.15, 0.2) is 0 Å². The largest absolute Gasteiger partial charge is 0.411 e. The Kier molecular flexibility index (Phi) is 6.30. The Bertz CT molecular complexity index is 419. The standard InChI is InChI=1S/C13H17F3N2O2/c1-2-17-11-5-3-10(4-6-11)12(19)18-7-8-20-9-13(14,15)16/h3-6,17H,2,7-9H2,1H3,(H,18,19). The second-order valence-corrected chi connectivity index (χ2v) is 4.03. The highest BCUT2D eigenvalue weighted by Gasteiger charge is 2.27. The first-order chi connectivity index (χ1) is 9.42. The van der Waals surface area contributed by atoms with E-state index in [-0.39, 0.29) is 19.1 Å². The average Bonchev–Trinajstić information content (AvgIpc) is 2.38. The topological polar surface area (TPSA) is 50.4 Å². The number of hydrogen-bond acceptors (Lipinski definition) is 3. The summed E-state index contributed by atoms with van der Waals surface area (Å²) in [7, 11) is 0. The third-order valence-corrected chi connectivity index (χ3v) is 2.33. The van der Waals surface area contributed by atoms with Crippen LogP contribution in [-0.2, 0) is 4.74 Å². The average molecular weight is 290 g/mol. The molecule has 0 atom stereocenters. The van der Waals surface area contributed by atoms with E-state index in [2.05, 4.69) is 15.4 Å². The highest BCUT2D eigenvalue weighted by molar-refractivity contribution is 5.94. The first kappa shape index (κ1) is 16.3. The smallest absolute Gasteiger partial charge is 0.385 e. The quantitative estimate of drug-likeness (QED) is 0.758.